The van der Waals surface area contributed by atoms with E-state index in [1.54, 1.807) is 12.1 Å². The van der Waals surface area contributed by atoms with Crippen LogP contribution in [0.2, 0.25) is 0 Å². The van der Waals surface area contributed by atoms with Crippen LogP contribution in [-0.2, 0) is 4.79 Å². The molecule has 2 rings (SSSR count). The summed E-state index contributed by atoms with van der Waals surface area (Å²) in [6.45, 7) is 1.35. The summed E-state index contributed by atoms with van der Waals surface area (Å²) < 4.78 is 18.2. The van der Waals surface area contributed by atoms with E-state index in [0.29, 0.717) is 13.1 Å². The van der Waals surface area contributed by atoms with E-state index in [0.717, 1.165) is 12.0 Å². The summed E-state index contributed by atoms with van der Waals surface area (Å²) >= 11 is 0. The van der Waals surface area contributed by atoms with E-state index < -0.39 is 0 Å². The summed E-state index contributed by atoms with van der Waals surface area (Å²) in [7, 11) is 1.43. The number of ether oxygens (including phenoxy) is 1. The van der Waals surface area contributed by atoms with Crippen LogP contribution < -0.4 is 9.64 Å². The SMILES string of the molecule is COc1ccc(N2CC(C=O)C2)cc1F. The first-order valence-corrected chi connectivity index (χ1v) is 4.78. The molecule has 1 saturated heterocycles. The van der Waals surface area contributed by atoms with Gasteiger partial charge in [-0.05, 0) is 12.1 Å². The van der Waals surface area contributed by atoms with E-state index in [9.17, 15) is 9.18 Å². The first-order valence-electron chi connectivity index (χ1n) is 4.78. The number of rotatable bonds is 3. The molecular weight excluding hydrogens is 197 g/mol. The van der Waals surface area contributed by atoms with Gasteiger partial charge in [0.15, 0.2) is 11.6 Å². The third-order valence-corrected chi connectivity index (χ3v) is 2.60. The Kier molecular flexibility index (Phi) is 2.58. The summed E-state index contributed by atoms with van der Waals surface area (Å²) in [5.74, 6) is -0.0362. The number of benzene rings is 1. The molecule has 1 fully saturated rings. The van der Waals surface area contributed by atoms with Gasteiger partial charge in [-0.2, -0.15) is 0 Å². The summed E-state index contributed by atoms with van der Waals surface area (Å²) in [5.41, 5.74) is 0.798. The lowest BCUT2D eigenvalue weighted by molar-refractivity contribution is -0.111. The Bertz CT molecular complexity index is 375. The topological polar surface area (TPSA) is 29.5 Å². The van der Waals surface area contributed by atoms with Crippen LogP contribution in [0.25, 0.3) is 0 Å². The molecule has 3 nitrogen and oxygen atoms in total. The fourth-order valence-electron chi connectivity index (χ4n) is 1.66. The second-order valence-electron chi connectivity index (χ2n) is 3.62. The first kappa shape index (κ1) is 9.96. The highest BCUT2D eigenvalue weighted by atomic mass is 19.1. The molecule has 15 heavy (non-hydrogen) atoms. The van der Waals surface area contributed by atoms with Crippen LogP contribution in [0.5, 0.6) is 5.75 Å². The van der Waals surface area contributed by atoms with Gasteiger partial charge in [0.25, 0.3) is 0 Å². The lowest BCUT2D eigenvalue weighted by Crippen LogP contribution is -2.47. The van der Waals surface area contributed by atoms with Gasteiger partial charge in [-0.25, -0.2) is 4.39 Å². The van der Waals surface area contributed by atoms with Crippen molar-refractivity contribution < 1.29 is 13.9 Å². The molecule has 1 aromatic carbocycles. The van der Waals surface area contributed by atoms with E-state index in [1.165, 1.54) is 13.2 Å². The molecule has 0 saturated carbocycles. The summed E-state index contributed by atoms with van der Waals surface area (Å²) in [6.07, 6.45) is 0.941. The number of aldehydes is 1. The van der Waals surface area contributed by atoms with Crippen molar-refractivity contribution in [1.82, 2.24) is 0 Å². The second kappa shape index (κ2) is 3.88. The maximum absolute atomic E-state index is 13.3. The lowest BCUT2D eigenvalue weighted by atomic mass is 10.0. The highest BCUT2D eigenvalue weighted by molar-refractivity contribution is 5.62. The molecule has 0 radical (unpaired) electrons. The van der Waals surface area contributed by atoms with Gasteiger partial charge >= 0.3 is 0 Å². The Morgan fingerprint density at radius 1 is 1.53 bits per heavy atom. The molecule has 1 aliphatic rings. The molecule has 0 atom stereocenters. The average molecular weight is 209 g/mol. The summed E-state index contributed by atoms with van der Waals surface area (Å²) in [6, 6.07) is 4.82. The number of methoxy groups -OCH3 is 1. The van der Waals surface area contributed by atoms with Crippen molar-refractivity contribution in [2.45, 2.75) is 0 Å². The van der Waals surface area contributed by atoms with Crippen LogP contribution in [0.15, 0.2) is 18.2 Å². The van der Waals surface area contributed by atoms with E-state index in [4.69, 9.17) is 4.74 Å². The van der Waals surface area contributed by atoms with E-state index in [-0.39, 0.29) is 17.5 Å². The monoisotopic (exact) mass is 209 g/mol. The maximum Gasteiger partial charge on any atom is 0.167 e. The Morgan fingerprint density at radius 2 is 2.27 bits per heavy atom. The van der Waals surface area contributed by atoms with Crippen LogP contribution in [0, 0.1) is 11.7 Å². The van der Waals surface area contributed by atoms with Crippen molar-refractivity contribution >= 4 is 12.0 Å². The summed E-state index contributed by atoms with van der Waals surface area (Å²) in [5, 5.41) is 0. The largest absolute Gasteiger partial charge is 0.494 e. The minimum atomic E-state index is -0.371. The van der Waals surface area contributed by atoms with Gasteiger partial charge in [-0.3, -0.25) is 0 Å². The highest BCUT2D eigenvalue weighted by Gasteiger charge is 2.26. The number of hydrogen-bond acceptors (Lipinski definition) is 3. The molecule has 1 aromatic rings. The first-order chi connectivity index (χ1) is 7.24. The van der Waals surface area contributed by atoms with Crippen molar-refractivity contribution in [1.29, 1.82) is 0 Å². The van der Waals surface area contributed by atoms with Gasteiger partial charge in [0, 0.05) is 30.8 Å². The van der Waals surface area contributed by atoms with Crippen molar-refractivity contribution in [3.05, 3.63) is 24.0 Å². The molecule has 0 amide bonds. The molecule has 0 unspecified atom stereocenters. The van der Waals surface area contributed by atoms with Crippen LogP contribution in [0.1, 0.15) is 0 Å². The molecular formula is C11H12FNO2. The van der Waals surface area contributed by atoms with Gasteiger partial charge in [-0.1, -0.05) is 0 Å². The number of carbonyl (C=O) groups excluding carboxylic acids is 1. The highest BCUT2D eigenvalue weighted by Crippen LogP contribution is 2.27. The van der Waals surface area contributed by atoms with Crippen molar-refractivity contribution in [2.75, 3.05) is 25.1 Å². The Labute approximate surface area is 87.5 Å². The average Bonchev–Trinajstić information content (AvgIpc) is 2.16. The number of nitrogens with zero attached hydrogens (tertiary/aromatic N) is 1. The molecule has 0 aromatic heterocycles. The predicted octanol–water partition coefficient (Wildman–Crippen LogP) is 1.47. The Morgan fingerprint density at radius 3 is 2.80 bits per heavy atom. The number of hydrogen-bond donors (Lipinski definition) is 0. The normalized spacial score (nSPS) is 16.0. The van der Waals surface area contributed by atoms with Crippen molar-refractivity contribution in [3.8, 4) is 5.75 Å². The van der Waals surface area contributed by atoms with Crippen LogP contribution in [0.3, 0.4) is 0 Å². The van der Waals surface area contributed by atoms with Gasteiger partial charge < -0.3 is 14.4 Å². The van der Waals surface area contributed by atoms with Gasteiger partial charge in [0.05, 0.1) is 7.11 Å². The van der Waals surface area contributed by atoms with E-state index in [2.05, 4.69) is 0 Å². The molecule has 0 spiro atoms. The zero-order valence-corrected chi connectivity index (χ0v) is 8.44. The standard InChI is InChI=1S/C11H12FNO2/c1-15-11-3-2-9(4-10(11)12)13-5-8(6-13)7-14/h2-4,7-8H,5-6H2,1H3. The predicted molar refractivity (Wildman–Crippen MR) is 54.7 cm³/mol. The summed E-state index contributed by atoms with van der Waals surface area (Å²) in [4.78, 5) is 12.4. The van der Waals surface area contributed by atoms with Gasteiger partial charge in [-0.15, -0.1) is 0 Å². The third kappa shape index (κ3) is 1.79. The Balaban J connectivity index is 2.11. The van der Waals surface area contributed by atoms with Crippen LogP contribution >= 0.6 is 0 Å². The molecule has 80 valence electrons. The lowest BCUT2D eigenvalue weighted by Gasteiger charge is -2.38. The van der Waals surface area contributed by atoms with Crippen molar-refractivity contribution in [2.24, 2.45) is 5.92 Å². The molecule has 1 heterocycles. The van der Waals surface area contributed by atoms with Crippen LogP contribution in [0.4, 0.5) is 10.1 Å². The van der Waals surface area contributed by atoms with E-state index >= 15 is 0 Å². The van der Waals surface area contributed by atoms with Gasteiger partial charge in [0.1, 0.15) is 6.29 Å². The molecule has 0 bridgehead atoms. The van der Waals surface area contributed by atoms with E-state index in [1.807, 2.05) is 4.90 Å². The fourth-order valence-corrected chi connectivity index (χ4v) is 1.66. The molecule has 0 N–H and O–H groups in total. The zero-order chi connectivity index (χ0) is 10.8. The molecule has 0 aliphatic carbocycles. The fraction of sp³-hybridized carbons (Fsp3) is 0.364. The van der Waals surface area contributed by atoms with Crippen molar-refractivity contribution in [3.63, 3.8) is 0 Å². The number of halogens is 1. The van der Waals surface area contributed by atoms with Gasteiger partial charge in [0.2, 0.25) is 0 Å². The number of anilines is 1. The molecule has 1 aliphatic heterocycles. The van der Waals surface area contributed by atoms with Crippen LogP contribution in [-0.4, -0.2) is 26.5 Å². The molecule has 4 heteroatoms. The smallest absolute Gasteiger partial charge is 0.167 e. The second-order valence-corrected chi connectivity index (χ2v) is 3.62. The third-order valence-electron chi connectivity index (χ3n) is 2.60. The minimum Gasteiger partial charge on any atom is -0.494 e. The Hall–Kier alpha value is -1.58. The zero-order valence-electron chi connectivity index (χ0n) is 8.44. The maximum atomic E-state index is 13.3. The number of carbonyl (C=O) groups is 1. The quantitative estimate of drug-likeness (QED) is 0.706. The minimum absolute atomic E-state index is 0.0927.